The van der Waals surface area contributed by atoms with Gasteiger partial charge in [-0.25, -0.2) is 0 Å². The fourth-order valence-corrected chi connectivity index (χ4v) is 1.05. The van der Waals surface area contributed by atoms with Crippen molar-refractivity contribution in [1.29, 1.82) is 0 Å². The molecule has 12 heavy (non-hydrogen) atoms. The number of hydrogen-bond acceptors (Lipinski definition) is 0. The van der Waals surface area contributed by atoms with Crippen LogP contribution in [0.3, 0.4) is 0 Å². The number of likely N-dealkylation sites (N-methyl/N-ethyl adjacent to an activating group) is 1. The quantitative estimate of drug-likeness (QED) is 0.676. The molecule has 1 nitrogen and oxygen atoms in total. The summed E-state index contributed by atoms with van der Waals surface area (Å²) in [4.78, 5) is 0. The SMILES string of the molecule is C[N-]C(C)Cc1ccccc1.[Rb+]. The Morgan fingerprint density at radius 3 is 2.33 bits per heavy atom. The normalized spacial score (nSPS) is 11.8. The molecule has 0 fully saturated rings. The minimum Gasteiger partial charge on any atom is -0.662 e. The Kier molecular flexibility index (Phi) is 8.00. The van der Waals surface area contributed by atoms with Crippen molar-refractivity contribution in [2.45, 2.75) is 19.4 Å². The summed E-state index contributed by atoms with van der Waals surface area (Å²) in [6.07, 6.45) is 1.05. The first kappa shape index (κ1) is 13.0. The molecule has 0 N–H and O–H groups in total. The van der Waals surface area contributed by atoms with Gasteiger partial charge in [0.15, 0.2) is 0 Å². The topological polar surface area (TPSA) is 14.1 Å². The first-order chi connectivity index (χ1) is 5.33. The molecule has 1 atom stereocenters. The molecule has 0 aliphatic carbocycles. The van der Waals surface area contributed by atoms with E-state index in [1.807, 2.05) is 13.1 Å². The van der Waals surface area contributed by atoms with Crippen LogP contribution >= 0.6 is 0 Å². The fraction of sp³-hybridized carbons (Fsp3) is 0.400. The molecule has 60 valence electrons. The molecule has 2 heteroatoms. The smallest absolute Gasteiger partial charge is 0.662 e. The van der Waals surface area contributed by atoms with Gasteiger partial charge in [0.1, 0.15) is 0 Å². The molecule has 1 unspecified atom stereocenters. The Hall–Kier alpha value is 0.985. The standard InChI is InChI=1S/C10H14N.Rb/c1-9(11-2)8-10-6-4-3-5-7-10;/h3-7,9H,8H2,1-2H3;/q-1;+1. The number of nitrogens with zero attached hydrogens (tertiary/aromatic N) is 1. The van der Waals surface area contributed by atoms with Crippen molar-refractivity contribution in [3.63, 3.8) is 0 Å². The Morgan fingerprint density at radius 2 is 1.83 bits per heavy atom. The van der Waals surface area contributed by atoms with Crippen LogP contribution in [0.2, 0.25) is 0 Å². The van der Waals surface area contributed by atoms with E-state index in [1.54, 1.807) is 0 Å². The Bertz CT molecular complexity index is 198. The molecule has 0 aliphatic rings. The van der Waals surface area contributed by atoms with Crippen LogP contribution in [0.4, 0.5) is 0 Å². The third-order valence-electron chi connectivity index (χ3n) is 1.81. The van der Waals surface area contributed by atoms with Crippen molar-refractivity contribution in [3.8, 4) is 0 Å². The van der Waals surface area contributed by atoms with Gasteiger partial charge in [0.05, 0.1) is 0 Å². The van der Waals surface area contributed by atoms with Crippen LogP contribution in [0.25, 0.3) is 5.32 Å². The van der Waals surface area contributed by atoms with E-state index >= 15 is 0 Å². The van der Waals surface area contributed by atoms with Gasteiger partial charge in [0.25, 0.3) is 0 Å². The van der Waals surface area contributed by atoms with E-state index in [1.165, 1.54) is 5.56 Å². The minimum absolute atomic E-state index is 0. The summed E-state index contributed by atoms with van der Waals surface area (Å²) in [6, 6.07) is 10.9. The molecule has 1 aromatic carbocycles. The van der Waals surface area contributed by atoms with Gasteiger partial charge in [-0.15, -0.1) is 6.04 Å². The average Bonchev–Trinajstić information content (AvgIpc) is 2.06. The molecular formula is C10H14NRb. The second kappa shape index (κ2) is 7.39. The summed E-state index contributed by atoms with van der Waals surface area (Å²) in [5, 5.41) is 4.18. The molecule has 0 heterocycles. The van der Waals surface area contributed by atoms with Crippen LogP contribution in [-0.2, 0) is 6.42 Å². The molecule has 0 aromatic heterocycles. The van der Waals surface area contributed by atoms with Crippen LogP contribution in [0, 0.1) is 0 Å². The monoisotopic (exact) mass is 233 g/mol. The first-order valence-electron chi connectivity index (χ1n) is 3.96. The van der Waals surface area contributed by atoms with Crippen LogP contribution in [-0.4, -0.2) is 13.1 Å². The van der Waals surface area contributed by atoms with Crippen LogP contribution in [0.1, 0.15) is 12.5 Å². The zero-order valence-corrected chi connectivity index (χ0v) is 13.0. The van der Waals surface area contributed by atoms with Gasteiger partial charge in [-0.1, -0.05) is 37.3 Å². The molecule has 0 amide bonds. The number of hydrogen-bond donors (Lipinski definition) is 0. The van der Waals surface area contributed by atoms with Crippen molar-refractivity contribution in [2.75, 3.05) is 7.05 Å². The summed E-state index contributed by atoms with van der Waals surface area (Å²) >= 11 is 0. The van der Waals surface area contributed by atoms with Gasteiger partial charge in [0.2, 0.25) is 0 Å². The zero-order chi connectivity index (χ0) is 8.10. The van der Waals surface area contributed by atoms with Crippen molar-refractivity contribution < 1.29 is 58.2 Å². The van der Waals surface area contributed by atoms with E-state index in [2.05, 4.69) is 36.5 Å². The van der Waals surface area contributed by atoms with Crippen LogP contribution < -0.4 is 58.2 Å². The van der Waals surface area contributed by atoms with E-state index in [0.717, 1.165) is 6.42 Å². The van der Waals surface area contributed by atoms with Crippen molar-refractivity contribution in [2.24, 2.45) is 0 Å². The largest absolute Gasteiger partial charge is 1.00 e. The number of rotatable bonds is 3. The minimum atomic E-state index is 0. The van der Waals surface area contributed by atoms with E-state index in [-0.39, 0.29) is 58.2 Å². The molecular weight excluding hydrogens is 220 g/mol. The van der Waals surface area contributed by atoms with Crippen molar-refractivity contribution in [3.05, 3.63) is 41.2 Å². The van der Waals surface area contributed by atoms with Crippen LogP contribution in [0.15, 0.2) is 30.3 Å². The summed E-state index contributed by atoms with van der Waals surface area (Å²) in [5.74, 6) is 0. The molecule has 1 rings (SSSR count). The van der Waals surface area contributed by atoms with Gasteiger partial charge in [-0.3, -0.25) is 0 Å². The van der Waals surface area contributed by atoms with Crippen molar-refractivity contribution >= 4 is 0 Å². The molecule has 0 saturated carbocycles. The Morgan fingerprint density at radius 1 is 1.25 bits per heavy atom. The molecule has 1 aromatic rings. The molecule has 0 saturated heterocycles. The summed E-state index contributed by atoms with van der Waals surface area (Å²) < 4.78 is 0. The van der Waals surface area contributed by atoms with E-state index in [0.29, 0.717) is 6.04 Å². The first-order valence-corrected chi connectivity index (χ1v) is 3.96. The van der Waals surface area contributed by atoms with Crippen LogP contribution in [0.5, 0.6) is 0 Å². The summed E-state index contributed by atoms with van der Waals surface area (Å²) in [6.45, 7) is 2.13. The predicted molar refractivity (Wildman–Crippen MR) is 48.9 cm³/mol. The van der Waals surface area contributed by atoms with Crippen molar-refractivity contribution in [1.82, 2.24) is 0 Å². The predicted octanol–water partition coefficient (Wildman–Crippen LogP) is -0.375. The van der Waals surface area contributed by atoms with Gasteiger partial charge < -0.3 is 5.32 Å². The fourth-order valence-electron chi connectivity index (χ4n) is 1.05. The van der Waals surface area contributed by atoms with Gasteiger partial charge >= 0.3 is 58.2 Å². The molecule has 0 radical (unpaired) electrons. The Labute approximate surface area is 124 Å². The molecule has 0 bridgehead atoms. The summed E-state index contributed by atoms with van der Waals surface area (Å²) in [5.41, 5.74) is 1.37. The maximum Gasteiger partial charge on any atom is 1.00 e. The van der Waals surface area contributed by atoms with E-state index < -0.39 is 0 Å². The van der Waals surface area contributed by atoms with Gasteiger partial charge in [-0.05, 0) is 12.0 Å². The maximum absolute atomic E-state index is 4.18. The summed E-state index contributed by atoms with van der Waals surface area (Å²) in [7, 11) is 1.87. The zero-order valence-electron chi connectivity index (χ0n) is 8.12. The van der Waals surface area contributed by atoms with Gasteiger partial charge in [0, 0.05) is 0 Å². The maximum atomic E-state index is 4.18. The average molecular weight is 234 g/mol. The third kappa shape index (κ3) is 4.88. The molecule has 0 aliphatic heterocycles. The molecule has 0 spiro atoms. The van der Waals surface area contributed by atoms with Gasteiger partial charge in [-0.2, -0.15) is 7.05 Å². The second-order valence-electron chi connectivity index (χ2n) is 2.80. The third-order valence-corrected chi connectivity index (χ3v) is 1.81. The Balaban J connectivity index is 0.00000121. The second-order valence-corrected chi connectivity index (χ2v) is 2.80. The van der Waals surface area contributed by atoms with E-state index in [9.17, 15) is 0 Å². The van der Waals surface area contributed by atoms with E-state index in [4.69, 9.17) is 0 Å². The number of benzene rings is 1.